The topological polar surface area (TPSA) is 71.6 Å². The minimum absolute atomic E-state index is 0.227. The minimum Gasteiger partial charge on any atom is -0.266 e. The van der Waals surface area contributed by atoms with Crippen LogP contribution in [0.5, 0.6) is 0 Å². The first kappa shape index (κ1) is 14.9. The zero-order valence-electron chi connectivity index (χ0n) is 12.3. The lowest BCUT2D eigenvalue weighted by Gasteiger charge is -2.11. The van der Waals surface area contributed by atoms with Gasteiger partial charge in [-0.25, -0.2) is 4.68 Å². The highest BCUT2D eigenvalue weighted by Crippen LogP contribution is 2.10. The zero-order chi connectivity index (χ0) is 15.2. The molecule has 0 fully saturated rings. The average Bonchev–Trinajstić information content (AvgIpc) is 2.54. The van der Waals surface area contributed by atoms with Gasteiger partial charge in [0.25, 0.3) is 5.56 Å². The molecule has 0 saturated heterocycles. The second-order valence-corrected chi connectivity index (χ2v) is 4.72. The van der Waals surface area contributed by atoms with Crippen LogP contribution in [0, 0.1) is 11.3 Å². The predicted octanol–water partition coefficient (Wildman–Crippen LogP) is 1.88. The third-order valence-corrected chi connectivity index (χ3v) is 3.45. The molecule has 0 atom stereocenters. The van der Waals surface area contributed by atoms with Gasteiger partial charge < -0.3 is 0 Å². The molecule has 0 amide bonds. The molecule has 0 aliphatic rings. The van der Waals surface area contributed by atoms with E-state index in [4.69, 9.17) is 0 Å². The summed E-state index contributed by atoms with van der Waals surface area (Å²) < 4.78 is 1.39. The van der Waals surface area contributed by atoms with Crippen LogP contribution in [0.2, 0.25) is 0 Å². The van der Waals surface area contributed by atoms with Crippen molar-refractivity contribution in [2.24, 2.45) is 0 Å². The first-order chi connectivity index (χ1) is 10.2. The Morgan fingerprint density at radius 1 is 1.29 bits per heavy atom. The highest BCUT2D eigenvalue weighted by Gasteiger charge is 2.14. The number of rotatable bonds is 5. The number of hydrogen-bond donors (Lipinski definition) is 0. The van der Waals surface area contributed by atoms with Crippen molar-refractivity contribution in [3.05, 3.63) is 57.3 Å². The molecule has 108 valence electrons. The Bertz CT molecular complexity index is 714. The number of pyridine rings is 1. The van der Waals surface area contributed by atoms with Gasteiger partial charge in [0.15, 0.2) is 0 Å². The zero-order valence-corrected chi connectivity index (χ0v) is 12.3. The summed E-state index contributed by atoms with van der Waals surface area (Å²) in [7, 11) is 0. The van der Waals surface area contributed by atoms with E-state index in [0.29, 0.717) is 25.8 Å². The summed E-state index contributed by atoms with van der Waals surface area (Å²) in [5.74, 6) is 0. The Balaban J connectivity index is 2.36. The molecule has 5 heteroatoms. The lowest BCUT2D eigenvalue weighted by molar-refractivity contribution is 0.555. The average molecular weight is 282 g/mol. The molecule has 0 unspecified atom stereocenters. The van der Waals surface area contributed by atoms with Crippen LogP contribution in [0.3, 0.4) is 0 Å². The van der Waals surface area contributed by atoms with Gasteiger partial charge in [0.1, 0.15) is 11.6 Å². The smallest absolute Gasteiger partial charge is 0.266 e. The molecule has 0 aliphatic heterocycles. The molecule has 2 aromatic rings. The van der Waals surface area contributed by atoms with E-state index in [9.17, 15) is 10.1 Å². The summed E-state index contributed by atoms with van der Waals surface area (Å²) in [4.78, 5) is 16.6. The van der Waals surface area contributed by atoms with Crippen molar-refractivity contribution in [1.29, 1.82) is 5.26 Å². The van der Waals surface area contributed by atoms with Gasteiger partial charge in [0.2, 0.25) is 0 Å². The molecule has 0 saturated carbocycles. The number of aryl methyl sites for hydroxylation is 3. The molecule has 5 nitrogen and oxygen atoms in total. The van der Waals surface area contributed by atoms with Gasteiger partial charge in [-0.05, 0) is 30.5 Å². The Morgan fingerprint density at radius 2 is 2.10 bits per heavy atom. The van der Waals surface area contributed by atoms with Crippen molar-refractivity contribution in [1.82, 2.24) is 14.8 Å². The van der Waals surface area contributed by atoms with E-state index in [1.807, 2.05) is 38.1 Å². The Morgan fingerprint density at radius 3 is 2.67 bits per heavy atom. The fraction of sp³-hybridized carbons (Fsp3) is 0.375. The molecule has 0 radical (unpaired) electrons. The van der Waals surface area contributed by atoms with Gasteiger partial charge in [-0.1, -0.05) is 19.9 Å². The van der Waals surface area contributed by atoms with Crippen LogP contribution >= 0.6 is 0 Å². The lowest BCUT2D eigenvalue weighted by atomic mass is 10.0. The van der Waals surface area contributed by atoms with E-state index in [1.54, 1.807) is 6.20 Å². The minimum atomic E-state index is -0.303. The van der Waals surface area contributed by atoms with Crippen molar-refractivity contribution in [3.8, 4) is 6.07 Å². The number of nitrogens with zero attached hydrogens (tertiary/aromatic N) is 4. The normalized spacial score (nSPS) is 10.3. The second kappa shape index (κ2) is 6.80. The summed E-state index contributed by atoms with van der Waals surface area (Å²) in [6.07, 6.45) is 3.70. The maximum Gasteiger partial charge on any atom is 0.284 e. The van der Waals surface area contributed by atoms with Crippen LogP contribution in [-0.4, -0.2) is 14.8 Å². The van der Waals surface area contributed by atoms with Gasteiger partial charge in [0, 0.05) is 18.3 Å². The first-order valence-electron chi connectivity index (χ1n) is 7.14. The lowest BCUT2D eigenvalue weighted by Crippen LogP contribution is -2.29. The van der Waals surface area contributed by atoms with Crippen molar-refractivity contribution >= 4 is 0 Å². The molecule has 0 aliphatic carbocycles. The SMILES string of the molecule is CCc1nn(CCc2ccccn2)c(=O)c(C#N)c1CC. The molecular formula is C16H18N4O. The summed E-state index contributed by atoms with van der Waals surface area (Å²) in [5.41, 5.74) is 2.43. The highest BCUT2D eigenvalue weighted by atomic mass is 16.1. The maximum atomic E-state index is 12.3. The first-order valence-corrected chi connectivity index (χ1v) is 7.14. The number of aromatic nitrogens is 3. The van der Waals surface area contributed by atoms with E-state index < -0.39 is 0 Å². The summed E-state index contributed by atoms with van der Waals surface area (Å²) in [5, 5.41) is 13.7. The van der Waals surface area contributed by atoms with E-state index in [0.717, 1.165) is 17.0 Å². The van der Waals surface area contributed by atoms with E-state index in [1.165, 1.54) is 4.68 Å². The molecule has 2 heterocycles. The van der Waals surface area contributed by atoms with E-state index >= 15 is 0 Å². The molecule has 2 aromatic heterocycles. The van der Waals surface area contributed by atoms with E-state index in [2.05, 4.69) is 10.1 Å². The van der Waals surface area contributed by atoms with Gasteiger partial charge in [-0.15, -0.1) is 0 Å². The largest absolute Gasteiger partial charge is 0.284 e. The quantitative estimate of drug-likeness (QED) is 0.839. The van der Waals surface area contributed by atoms with Crippen LogP contribution in [0.4, 0.5) is 0 Å². The fourth-order valence-electron chi connectivity index (χ4n) is 2.35. The van der Waals surface area contributed by atoms with Crippen molar-refractivity contribution in [2.45, 2.75) is 39.7 Å². The monoisotopic (exact) mass is 282 g/mol. The summed E-state index contributed by atoms with van der Waals surface area (Å²) in [6.45, 7) is 4.35. The molecule has 2 rings (SSSR count). The standard InChI is InChI=1S/C16H18N4O/c1-3-13-14(11-17)16(21)20(19-15(13)4-2)10-8-12-7-5-6-9-18-12/h5-7,9H,3-4,8,10H2,1-2H3. The van der Waals surface area contributed by atoms with Crippen LogP contribution in [0.15, 0.2) is 29.2 Å². The van der Waals surface area contributed by atoms with Crippen LogP contribution in [0.25, 0.3) is 0 Å². The van der Waals surface area contributed by atoms with Gasteiger partial charge >= 0.3 is 0 Å². The van der Waals surface area contributed by atoms with Crippen molar-refractivity contribution in [2.75, 3.05) is 0 Å². The number of nitriles is 1. The third kappa shape index (κ3) is 3.16. The molecule has 0 bridgehead atoms. The van der Waals surface area contributed by atoms with Gasteiger partial charge in [-0.2, -0.15) is 10.4 Å². The van der Waals surface area contributed by atoms with Crippen LogP contribution < -0.4 is 5.56 Å². The summed E-state index contributed by atoms with van der Waals surface area (Å²) in [6, 6.07) is 7.72. The molecular weight excluding hydrogens is 264 g/mol. The number of hydrogen-bond acceptors (Lipinski definition) is 4. The predicted molar refractivity (Wildman–Crippen MR) is 79.9 cm³/mol. The Labute approximate surface area is 123 Å². The second-order valence-electron chi connectivity index (χ2n) is 4.72. The van der Waals surface area contributed by atoms with Crippen molar-refractivity contribution in [3.63, 3.8) is 0 Å². The third-order valence-electron chi connectivity index (χ3n) is 3.45. The van der Waals surface area contributed by atoms with Crippen LogP contribution in [0.1, 0.15) is 36.4 Å². The Kier molecular flexibility index (Phi) is 4.83. The summed E-state index contributed by atoms with van der Waals surface area (Å²) >= 11 is 0. The maximum absolute atomic E-state index is 12.3. The fourth-order valence-corrected chi connectivity index (χ4v) is 2.35. The molecule has 21 heavy (non-hydrogen) atoms. The molecule has 0 N–H and O–H groups in total. The van der Waals surface area contributed by atoms with Crippen LogP contribution in [-0.2, 0) is 25.8 Å². The molecule has 0 aromatic carbocycles. The molecule has 0 spiro atoms. The highest BCUT2D eigenvalue weighted by molar-refractivity contribution is 5.38. The Hall–Kier alpha value is -2.48. The van der Waals surface area contributed by atoms with Crippen molar-refractivity contribution < 1.29 is 0 Å². The van der Waals surface area contributed by atoms with Gasteiger partial charge in [-0.3, -0.25) is 9.78 Å². The van der Waals surface area contributed by atoms with Gasteiger partial charge in [0.05, 0.1) is 12.2 Å². The van der Waals surface area contributed by atoms with E-state index in [-0.39, 0.29) is 11.1 Å².